The zero-order valence-electron chi connectivity index (χ0n) is 8.23. The predicted octanol–water partition coefficient (Wildman–Crippen LogP) is 1.85. The van der Waals surface area contributed by atoms with Crippen LogP contribution in [0.15, 0.2) is 36.7 Å². The lowest BCUT2D eigenvalue weighted by Gasteiger charge is -2.04. The topological polar surface area (TPSA) is 43.8 Å². The zero-order chi connectivity index (χ0) is 10.7. The maximum Gasteiger partial charge on any atom is 0.200 e. The molecule has 0 atom stereocenters. The number of aryl methyl sites for hydroxylation is 2. The second kappa shape index (κ2) is 4.13. The molecule has 15 heavy (non-hydrogen) atoms. The molecule has 78 valence electrons. The molecule has 4 heteroatoms. The molecular weight excluding hydrogens is 193 g/mol. The third-order valence-corrected chi connectivity index (χ3v) is 2.28. The molecule has 0 radical (unpaired) electrons. The van der Waals surface area contributed by atoms with Crippen molar-refractivity contribution in [3.8, 4) is 0 Å². The Hall–Kier alpha value is -1.84. The molecule has 1 aromatic heterocycles. The first kappa shape index (κ1) is 9.71. The summed E-state index contributed by atoms with van der Waals surface area (Å²) >= 11 is 0. The van der Waals surface area contributed by atoms with Gasteiger partial charge in [0.2, 0.25) is 0 Å². The number of benzene rings is 1. The molecule has 3 nitrogen and oxygen atoms in total. The minimum Gasteiger partial charge on any atom is -0.369 e. The number of aromatic nitrogens is 2. The summed E-state index contributed by atoms with van der Waals surface area (Å²) in [5.41, 5.74) is 6.57. The Bertz CT molecular complexity index is 451. The van der Waals surface area contributed by atoms with Crippen LogP contribution in [0.1, 0.15) is 5.56 Å². The van der Waals surface area contributed by atoms with Gasteiger partial charge in [0.1, 0.15) is 5.82 Å². The van der Waals surface area contributed by atoms with Gasteiger partial charge >= 0.3 is 0 Å². The van der Waals surface area contributed by atoms with Crippen LogP contribution in [0.5, 0.6) is 0 Å². The molecule has 2 rings (SSSR count). The van der Waals surface area contributed by atoms with Gasteiger partial charge in [-0.1, -0.05) is 12.1 Å². The number of hydrogen-bond acceptors (Lipinski definition) is 2. The number of imidazole rings is 1. The van der Waals surface area contributed by atoms with Gasteiger partial charge in [-0.3, -0.25) is 0 Å². The van der Waals surface area contributed by atoms with Crippen LogP contribution in [0.2, 0.25) is 0 Å². The standard InChI is InChI=1S/C11H12FN3/c12-10-3-1-2-9(8-10)4-6-15-7-5-14-11(15)13/h1-3,5,7-8H,4,6H2,(H2,13,14). The van der Waals surface area contributed by atoms with E-state index in [4.69, 9.17) is 5.73 Å². The van der Waals surface area contributed by atoms with Gasteiger partial charge < -0.3 is 10.3 Å². The van der Waals surface area contributed by atoms with Crippen molar-refractivity contribution in [2.45, 2.75) is 13.0 Å². The third kappa shape index (κ3) is 2.34. The molecule has 0 saturated carbocycles. The van der Waals surface area contributed by atoms with Crippen LogP contribution in [-0.4, -0.2) is 9.55 Å². The van der Waals surface area contributed by atoms with E-state index in [1.165, 1.54) is 12.1 Å². The van der Waals surface area contributed by atoms with E-state index in [0.29, 0.717) is 5.95 Å². The lowest BCUT2D eigenvalue weighted by molar-refractivity contribution is 0.622. The van der Waals surface area contributed by atoms with E-state index in [0.717, 1.165) is 18.5 Å². The van der Waals surface area contributed by atoms with Gasteiger partial charge in [0, 0.05) is 18.9 Å². The highest BCUT2D eigenvalue weighted by Gasteiger charge is 1.99. The lowest BCUT2D eigenvalue weighted by Crippen LogP contribution is -2.04. The maximum atomic E-state index is 12.9. The summed E-state index contributed by atoms with van der Waals surface area (Å²) in [5.74, 6) is 0.289. The number of nitrogens with two attached hydrogens (primary N) is 1. The number of nitrogen functional groups attached to an aromatic ring is 1. The van der Waals surface area contributed by atoms with Crippen molar-refractivity contribution < 1.29 is 4.39 Å². The molecule has 1 heterocycles. The molecule has 0 fully saturated rings. The van der Waals surface area contributed by atoms with Gasteiger partial charge in [-0.05, 0) is 24.1 Å². The van der Waals surface area contributed by atoms with Gasteiger partial charge in [0.25, 0.3) is 0 Å². The van der Waals surface area contributed by atoms with Crippen molar-refractivity contribution >= 4 is 5.95 Å². The first-order valence-electron chi connectivity index (χ1n) is 4.77. The highest BCUT2D eigenvalue weighted by Crippen LogP contribution is 2.07. The Labute approximate surface area is 87.4 Å². The monoisotopic (exact) mass is 205 g/mol. The summed E-state index contributed by atoms with van der Waals surface area (Å²) in [5, 5.41) is 0. The SMILES string of the molecule is Nc1nccn1CCc1cccc(F)c1. The molecule has 2 aromatic rings. The van der Waals surface area contributed by atoms with E-state index in [-0.39, 0.29) is 5.82 Å². The predicted molar refractivity (Wildman–Crippen MR) is 56.7 cm³/mol. The highest BCUT2D eigenvalue weighted by molar-refractivity contribution is 5.19. The van der Waals surface area contributed by atoms with Crippen molar-refractivity contribution in [2.24, 2.45) is 0 Å². The van der Waals surface area contributed by atoms with Crippen LogP contribution in [0.3, 0.4) is 0 Å². The quantitative estimate of drug-likeness (QED) is 0.831. The molecule has 0 aliphatic carbocycles. The minimum absolute atomic E-state index is 0.203. The van der Waals surface area contributed by atoms with Crippen molar-refractivity contribution in [1.29, 1.82) is 0 Å². The van der Waals surface area contributed by atoms with Crippen LogP contribution in [0, 0.1) is 5.82 Å². The van der Waals surface area contributed by atoms with Gasteiger partial charge in [-0.15, -0.1) is 0 Å². The average Bonchev–Trinajstić information content (AvgIpc) is 2.61. The summed E-state index contributed by atoms with van der Waals surface area (Å²) in [6.07, 6.45) is 4.22. The van der Waals surface area contributed by atoms with Crippen LogP contribution < -0.4 is 5.73 Å². The summed E-state index contributed by atoms with van der Waals surface area (Å²) in [7, 11) is 0. The molecule has 0 saturated heterocycles. The van der Waals surface area contributed by atoms with Gasteiger partial charge in [-0.25, -0.2) is 9.37 Å². The molecule has 2 N–H and O–H groups in total. The lowest BCUT2D eigenvalue weighted by atomic mass is 10.1. The molecule has 0 aliphatic rings. The second-order valence-electron chi connectivity index (χ2n) is 3.36. The van der Waals surface area contributed by atoms with Crippen molar-refractivity contribution in [1.82, 2.24) is 9.55 Å². The third-order valence-electron chi connectivity index (χ3n) is 2.28. The molecular formula is C11H12FN3. The number of anilines is 1. The number of rotatable bonds is 3. The second-order valence-corrected chi connectivity index (χ2v) is 3.36. The largest absolute Gasteiger partial charge is 0.369 e. The molecule has 0 aliphatic heterocycles. The zero-order valence-corrected chi connectivity index (χ0v) is 8.23. The summed E-state index contributed by atoms with van der Waals surface area (Å²) in [6, 6.07) is 6.58. The van der Waals surface area contributed by atoms with Gasteiger partial charge in [-0.2, -0.15) is 0 Å². The van der Waals surface area contributed by atoms with Gasteiger partial charge in [0.15, 0.2) is 5.95 Å². The molecule has 0 unspecified atom stereocenters. The number of nitrogens with zero attached hydrogens (tertiary/aromatic N) is 2. The van der Waals surface area contributed by atoms with Crippen molar-refractivity contribution in [3.05, 3.63) is 48.0 Å². The van der Waals surface area contributed by atoms with E-state index in [1.807, 2.05) is 16.8 Å². The summed E-state index contributed by atoms with van der Waals surface area (Å²) in [4.78, 5) is 3.91. The fourth-order valence-corrected chi connectivity index (χ4v) is 1.47. The van der Waals surface area contributed by atoms with Crippen LogP contribution in [-0.2, 0) is 13.0 Å². The van der Waals surface area contributed by atoms with Crippen LogP contribution in [0.25, 0.3) is 0 Å². The van der Waals surface area contributed by atoms with E-state index >= 15 is 0 Å². The van der Waals surface area contributed by atoms with Gasteiger partial charge in [0.05, 0.1) is 0 Å². The van der Waals surface area contributed by atoms with E-state index in [9.17, 15) is 4.39 Å². The highest BCUT2D eigenvalue weighted by atomic mass is 19.1. The summed E-state index contributed by atoms with van der Waals surface area (Å²) < 4.78 is 14.7. The Morgan fingerprint density at radius 1 is 1.40 bits per heavy atom. The normalized spacial score (nSPS) is 10.5. The Morgan fingerprint density at radius 2 is 2.27 bits per heavy atom. The fraction of sp³-hybridized carbons (Fsp3) is 0.182. The number of hydrogen-bond donors (Lipinski definition) is 1. The fourth-order valence-electron chi connectivity index (χ4n) is 1.47. The summed E-state index contributed by atoms with van der Waals surface area (Å²) in [6.45, 7) is 0.718. The Kier molecular flexibility index (Phi) is 2.67. The first-order valence-corrected chi connectivity index (χ1v) is 4.77. The Morgan fingerprint density at radius 3 is 2.93 bits per heavy atom. The molecule has 0 spiro atoms. The molecule has 1 aromatic carbocycles. The maximum absolute atomic E-state index is 12.9. The van der Waals surface area contributed by atoms with Crippen LogP contribution >= 0.6 is 0 Å². The number of halogens is 1. The van der Waals surface area contributed by atoms with E-state index < -0.39 is 0 Å². The smallest absolute Gasteiger partial charge is 0.200 e. The minimum atomic E-state index is -0.203. The molecule has 0 bridgehead atoms. The van der Waals surface area contributed by atoms with E-state index in [2.05, 4.69) is 4.98 Å². The van der Waals surface area contributed by atoms with Crippen LogP contribution in [0.4, 0.5) is 10.3 Å². The molecule has 0 amide bonds. The van der Waals surface area contributed by atoms with E-state index in [1.54, 1.807) is 12.3 Å². The van der Waals surface area contributed by atoms with Crippen molar-refractivity contribution in [3.63, 3.8) is 0 Å². The van der Waals surface area contributed by atoms with Crippen molar-refractivity contribution in [2.75, 3.05) is 5.73 Å². The average molecular weight is 205 g/mol. The first-order chi connectivity index (χ1) is 7.25. The Balaban J connectivity index is 2.02.